The standard InChI is InChI=1S/C24H22ClNO3/c1-29-21-11-5-3-7-16(21)9-6-12-22(27)26-15-18(14-25)23-20(26)13-17-8-2-4-10-19(17)24(23)28/h2-8,10-13,18,28H,9,14-15H2,1H3. The summed E-state index contributed by atoms with van der Waals surface area (Å²) in [5.41, 5.74) is 2.51. The predicted octanol–water partition coefficient (Wildman–Crippen LogP) is 5.02. The third-order valence-corrected chi connectivity index (χ3v) is 5.76. The van der Waals surface area contributed by atoms with Gasteiger partial charge in [-0.1, -0.05) is 48.5 Å². The van der Waals surface area contributed by atoms with Gasteiger partial charge in [-0.15, -0.1) is 11.6 Å². The van der Waals surface area contributed by atoms with Crippen molar-refractivity contribution in [3.8, 4) is 11.5 Å². The molecule has 4 rings (SSSR count). The van der Waals surface area contributed by atoms with Crippen LogP contribution in [0.5, 0.6) is 11.5 Å². The zero-order chi connectivity index (χ0) is 20.4. The largest absolute Gasteiger partial charge is 0.507 e. The molecule has 0 saturated heterocycles. The molecule has 0 aliphatic carbocycles. The third kappa shape index (κ3) is 3.56. The molecule has 0 aromatic heterocycles. The van der Waals surface area contributed by atoms with Gasteiger partial charge in [0.05, 0.1) is 12.8 Å². The molecule has 5 heteroatoms. The van der Waals surface area contributed by atoms with Gasteiger partial charge in [-0.3, -0.25) is 4.79 Å². The van der Waals surface area contributed by atoms with Crippen LogP contribution >= 0.6 is 11.6 Å². The fourth-order valence-corrected chi connectivity index (χ4v) is 4.20. The number of anilines is 1. The van der Waals surface area contributed by atoms with Crippen molar-refractivity contribution in [1.29, 1.82) is 0 Å². The zero-order valence-electron chi connectivity index (χ0n) is 16.1. The van der Waals surface area contributed by atoms with E-state index in [1.165, 1.54) is 0 Å². The van der Waals surface area contributed by atoms with E-state index in [1.807, 2.05) is 60.7 Å². The van der Waals surface area contributed by atoms with Gasteiger partial charge in [0.15, 0.2) is 0 Å². The number of para-hydroxylation sites is 1. The summed E-state index contributed by atoms with van der Waals surface area (Å²) in [6.45, 7) is 0.459. The Morgan fingerprint density at radius 2 is 2.00 bits per heavy atom. The summed E-state index contributed by atoms with van der Waals surface area (Å²) < 4.78 is 5.36. The van der Waals surface area contributed by atoms with E-state index >= 15 is 0 Å². The molecule has 0 fully saturated rings. The number of aromatic hydroxyl groups is 1. The van der Waals surface area contributed by atoms with Crippen molar-refractivity contribution in [1.82, 2.24) is 0 Å². The van der Waals surface area contributed by atoms with Gasteiger partial charge in [-0.05, 0) is 35.6 Å². The van der Waals surface area contributed by atoms with Gasteiger partial charge in [0.25, 0.3) is 5.91 Å². The highest BCUT2D eigenvalue weighted by Gasteiger charge is 2.34. The van der Waals surface area contributed by atoms with Crippen molar-refractivity contribution in [3.05, 3.63) is 77.9 Å². The van der Waals surface area contributed by atoms with Crippen LogP contribution in [0.2, 0.25) is 0 Å². The summed E-state index contributed by atoms with van der Waals surface area (Å²) in [7, 11) is 1.64. The van der Waals surface area contributed by atoms with Gasteiger partial charge in [0.2, 0.25) is 0 Å². The van der Waals surface area contributed by atoms with Crippen molar-refractivity contribution in [2.24, 2.45) is 0 Å². The Balaban J connectivity index is 1.62. The number of carbonyl (C=O) groups excluding carboxylic acids is 1. The predicted molar refractivity (Wildman–Crippen MR) is 117 cm³/mol. The average molecular weight is 408 g/mol. The fraction of sp³-hybridized carbons (Fsp3) is 0.208. The molecule has 1 heterocycles. The minimum atomic E-state index is -0.122. The van der Waals surface area contributed by atoms with Crippen LogP contribution in [0, 0.1) is 0 Å². The van der Waals surface area contributed by atoms with Crippen LogP contribution in [0.25, 0.3) is 10.8 Å². The lowest BCUT2D eigenvalue weighted by Gasteiger charge is -2.16. The molecule has 3 aromatic rings. The van der Waals surface area contributed by atoms with E-state index in [4.69, 9.17) is 16.3 Å². The van der Waals surface area contributed by atoms with Crippen LogP contribution in [0.3, 0.4) is 0 Å². The number of fused-ring (bicyclic) bond motifs is 2. The number of nitrogens with zero attached hydrogens (tertiary/aromatic N) is 1. The molecule has 1 amide bonds. The van der Waals surface area contributed by atoms with Crippen LogP contribution in [0.15, 0.2) is 66.7 Å². The third-order valence-electron chi connectivity index (χ3n) is 5.38. The van der Waals surface area contributed by atoms with E-state index < -0.39 is 0 Å². The van der Waals surface area contributed by atoms with Crippen molar-refractivity contribution in [2.75, 3.05) is 24.4 Å². The first kappa shape index (κ1) is 19.3. The average Bonchev–Trinajstić information content (AvgIpc) is 3.13. The first-order chi connectivity index (χ1) is 14.1. The Morgan fingerprint density at radius 1 is 1.24 bits per heavy atom. The van der Waals surface area contributed by atoms with Crippen molar-refractivity contribution < 1.29 is 14.6 Å². The van der Waals surface area contributed by atoms with Crippen LogP contribution in [0.4, 0.5) is 5.69 Å². The lowest BCUT2D eigenvalue weighted by molar-refractivity contribution is -0.114. The number of phenols is 1. The van der Waals surface area contributed by atoms with Gasteiger partial charge in [0, 0.05) is 29.3 Å². The van der Waals surface area contributed by atoms with Crippen molar-refractivity contribution >= 4 is 34.0 Å². The second-order valence-electron chi connectivity index (χ2n) is 7.10. The number of hydrogen-bond acceptors (Lipinski definition) is 3. The monoisotopic (exact) mass is 407 g/mol. The van der Waals surface area contributed by atoms with Crippen LogP contribution in [-0.4, -0.2) is 30.5 Å². The summed E-state index contributed by atoms with van der Waals surface area (Å²) in [6, 6.07) is 17.3. The molecule has 29 heavy (non-hydrogen) atoms. The Morgan fingerprint density at radius 3 is 2.79 bits per heavy atom. The fourth-order valence-electron chi connectivity index (χ4n) is 3.95. The quantitative estimate of drug-likeness (QED) is 0.477. The molecular formula is C24H22ClNO3. The van der Waals surface area contributed by atoms with Gasteiger partial charge in [-0.25, -0.2) is 0 Å². The highest BCUT2D eigenvalue weighted by Crippen LogP contribution is 2.46. The molecule has 0 spiro atoms. The number of hydrogen-bond donors (Lipinski definition) is 1. The second kappa shape index (κ2) is 8.18. The Hall–Kier alpha value is -2.98. The maximum absolute atomic E-state index is 12.9. The minimum absolute atomic E-state index is 0.0946. The SMILES string of the molecule is COc1ccccc1CC=CC(=O)N1CC(CCl)c2c1cc1ccccc1c2O. The number of methoxy groups -OCH3 is 1. The molecule has 1 unspecified atom stereocenters. The van der Waals surface area contributed by atoms with Crippen molar-refractivity contribution in [2.45, 2.75) is 12.3 Å². The molecule has 148 valence electrons. The molecule has 1 N–H and O–H groups in total. The van der Waals surface area contributed by atoms with Gasteiger partial charge < -0.3 is 14.7 Å². The van der Waals surface area contributed by atoms with E-state index in [0.29, 0.717) is 18.8 Å². The number of rotatable bonds is 5. The zero-order valence-corrected chi connectivity index (χ0v) is 16.9. The number of alkyl halides is 1. The highest BCUT2D eigenvalue weighted by molar-refractivity contribution is 6.19. The van der Waals surface area contributed by atoms with Crippen LogP contribution in [-0.2, 0) is 11.2 Å². The summed E-state index contributed by atoms with van der Waals surface area (Å²) in [5.74, 6) is 1.14. The van der Waals surface area contributed by atoms with E-state index in [1.54, 1.807) is 18.1 Å². The van der Waals surface area contributed by atoms with Crippen molar-refractivity contribution in [3.63, 3.8) is 0 Å². The van der Waals surface area contributed by atoms with Gasteiger partial charge in [0.1, 0.15) is 11.5 Å². The van der Waals surface area contributed by atoms with Gasteiger partial charge in [-0.2, -0.15) is 0 Å². The smallest absolute Gasteiger partial charge is 0.250 e. The van der Waals surface area contributed by atoms with E-state index in [9.17, 15) is 9.90 Å². The normalized spacial score (nSPS) is 15.8. The number of phenolic OH excluding ortho intramolecular Hbond substituents is 1. The highest BCUT2D eigenvalue weighted by atomic mass is 35.5. The number of allylic oxidation sites excluding steroid dienone is 1. The van der Waals surface area contributed by atoms with Gasteiger partial charge >= 0.3 is 0 Å². The summed E-state index contributed by atoms with van der Waals surface area (Å²) in [5, 5.41) is 12.5. The number of halogens is 1. The Kier molecular flexibility index (Phi) is 5.45. The number of benzene rings is 3. The summed E-state index contributed by atoms with van der Waals surface area (Å²) in [6.07, 6.45) is 4.02. The maximum Gasteiger partial charge on any atom is 0.250 e. The topological polar surface area (TPSA) is 49.8 Å². The second-order valence-corrected chi connectivity index (χ2v) is 7.41. The van der Waals surface area contributed by atoms with E-state index in [2.05, 4.69) is 0 Å². The number of carbonyl (C=O) groups is 1. The molecule has 3 aromatic carbocycles. The first-order valence-electron chi connectivity index (χ1n) is 9.54. The molecule has 0 bridgehead atoms. The maximum atomic E-state index is 12.9. The number of amides is 1. The first-order valence-corrected chi connectivity index (χ1v) is 10.1. The van der Waals surface area contributed by atoms with E-state index in [0.717, 1.165) is 33.3 Å². The summed E-state index contributed by atoms with van der Waals surface area (Å²) >= 11 is 6.17. The van der Waals surface area contributed by atoms with E-state index in [-0.39, 0.29) is 17.6 Å². The molecular weight excluding hydrogens is 386 g/mol. The van der Waals surface area contributed by atoms with Crippen LogP contribution in [0.1, 0.15) is 17.0 Å². The lowest BCUT2D eigenvalue weighted by atomic mass is 9.97. The molecule has 0 saturated carbocycles. The molecule has 1 aliphatic rings. The Bertz CT molecular complexity index is 1090. The van der Waals surface area contributed by atoms with Crippen LogP contribution < -0.4 is 9.64 Å². The molecule has 1 atom stereocenters. The number of ether oxygens (including phenoxy) is 1. The Labute approximate surface area is 175 Å². The minimum Gasteiger partial charge on any atom is -0.507 e. The molecule has 1 aliphatic heterocycles. The lowest BCUT2D eigenvalue weighted by Crippen LogP contribution is -2.28. The summed E-state index contributed by atoms with van der Waals surface area (Å²) in [4.78, 5) is 14.6. The molecule has 4 nitrogen and oxygen atoms in total. The molecule has 0 radical (unpaired) electrons.